The molecule has 1 amide bonds. The van der Waals surface area contributed by atoms with Gasteiger partial charge in [-0.3, -0.25) is 4.79 Å². The summed E-state index contributed by atoms with van der Waals surface area (Å²) in [6.45, 7) is 1.09. The minimum Gasteiger partial charge on any atom is -0.464 e. The number of hydrogen-bond acceptors (Lipinski definition) is 3. The Kier molecular flexibility index (Phi) is 4.36. The van der Waals surface area contributed by atoms with Gasteiger partial charge in [0.05, 0.1) is 6.61 Å². The zero-order chi connectivity index (χ0) is 14.8. The summed E-state index contributed by atoms with van der Waals surface area (Å²) < 4.78 is 66.7. The molecule has 1 rings (SSSR count). The second kappa shape index (κ2) is 5.30. The first kappa shape index (κ1) is 15.6. The molecule has 0 aliphatic carbocycles. The number of carbonyl (C=O) groups is 2. The van der Waals surface area contributed by atoms with Gasteiger partial charge >= 0.3 is 24.0 Å². The van der Waals surface area contributed by atoms with Gasteiger partial charge in [-0.25, -0.2) is 4.79 Å². The molecule has 4 nitrogen and oxygen atoms in total. The smallest absolute Gasteiger partial charge is 0.463 e. The van der Waals surface area contributed by atoms with Gasteiger partial charge in [-0.05, 0) is 19.8 Å². The number of amides is 1. The molecule has 0 radical (unpaired) electrons. The normalized spacial score (nSPS) is 20.5. The molecule has 110 valence electrons. The number of likely N-dealkylation sites (tertiary alicyclic amines) is 1. The van der Waals surface area contributed by atoms with Crippen LogP contribution in [0.1, 0.15) is 19.8 Å². The van der Waals surface area contributed by atoms with E-state index in [-0.39, 0.29) is 30.9 Å². The van der Waals surface area contributed by atoms with Crippen LogP contribution in [0.2, 0.25) is 0 Å². The predicted molar refractivity (Wildman–Crippen MR) is 52.4 cm³/mol. The van der Waals surface area contributed by atoms with Crippen molar-refractivity contribution in [3.8, 4) is 0 Å². The second-order valence-corrected chi connectivity index (χ2v) is 3.98. The van der Waals surface area contributed by atoms with E-state index in [1.807, 2.05) is 0 Å². The first-order chi connectivity index (χ1) is 8.63. The highest BCUT2D eigenvalue weighted by Crippen LogP contribution is 2.38. The summed E-state index contributed by atoms with van der Waals surface area (Å²) in [7, 11) is 0. The molecule has 1 aliphatic rings. The zero-order valence-corrected chi connectivity index (χ0v) is 9.97. The highest BCUT2D eigenvalue weighted by Gasteiger charge is 2.65. The van der Waals surface area contributed by atoms with Crippen LogP contribution in [0, 0.1) is 0 Å². The quantitative estimate of drug-likeness (QED) is 0.587. The lowest BCUT2D eigenvalue weighted by atomic mass is 10.2. The lowest BCUT2D eigenvalue weighted by Gasteiger charge is -2.28. The molecule has 1 unspecified atom stereocenters. The average Bonchev–Trinajstić information content (AvgIpc) is 2.75. The third-order valence-electron chi connectivity index (χ3n) is 2.70. The predicted octanol–water partition coefficient (Wildman–Crippen LogP) is 1.74. The van der Waals surface area contributed by atoms with E-state index in [1.54, 1.807) is 0 Å². The molecular formula is C10H12F5NO3. The summed E-state index contributed by atoms with van der Waals surface area (Å²) in [5.41, 5.74) is 0. The largest absolute Gasteiger partial charge is 0.464 e. The summed E-state index contributed by atoms with van der Waals surface area (Å²) in [5, 5.41) is 0. The van der Waals surface area contributed by atoms with Crippen LogP contribution in [0.3, 0.4) is 0 Å². The molecular weight excluding hydrogens is 277 g/mol. The van der Waals surface area contributed by atoms with Gasteiger partial charge in [-0.1, -0.05) is 0 Å². The molecule has 9 heteroatoms. The fourth-order valence-electron chi connectivity index (χ4n) is 1.79. The zero-order valence-electron chi connectivity index (χ0n) is 9.97. The first-order valence-electron chi connectivity index (χ1n) is 5.55. The third-order valence-corrected chi connectivity index (χ3v) is 2.70. The lowest BCUT2D eigenvalue weighted by Crippen LogP contribution is -2.55. The Morgan fingerprint density at radius 3 is 2.32 bits per heavy atom. The molecule has 0 aromatic rings. The Labute approximate surface area is 105 Å². The van der Waals surface area contributed by atoms with Crippen LogP contribution < -0.4 is 0 Å². The molecule has 0 aromatic carbocycles. The van der Waals surface area contributed by atoms with Gasteiger partial charge in [0.2, 0.25) is 0 Å². The van der Waals surface area contributed by atoms with Crippen LogP contribution >= 0.6 is 0 Å². The highest BCUT2D eigenvalue weighted by atomic mass is 19.4. The Bertz CT molecular complexity index is 369. The van der Waals surface area contributed by atoms with Crippen molar-refractivity contribution in [2.75, 3.05) is 13.2 Å². The van der Waals surface area contributed by atoms with E-state index in [1.165, 1.54) is 6.92 Å². The van der Waals surface area contributed by atoms with Crippen LogP contribution in [-0.2, 0) is 14.3 Å². The van der Waals surface area contributed by atoms with Crippen molar-refractivity contribution in [2.24, 2.45) is 0 Å². The van der Waals surface area contributed by atoms with Crippen molar-refractivity contribution >= 4 is 11.9 Å². The SMILES string of the molecule is CCOC(=O)C1CCCN1C(=O)C(F)(F)C(F)(F)F. The van der Waals surface area contributed by atoms with Gasteiger partial charge in [0.15, 0.2) is 0 Å². The number of rotatable bonds is 3. The molecule has 1 heterocycles. The summed E-state index contributed by atoms with van der Waals surface area (Å²) >= 11 is 0. The Balaban J connectivity index is 2.90. The molecule has 1 atom stereocenters. The van der Waals surface area contributed by atoms with E-state index in [0.717, 1.165) is 0 Å². The van der Waals surface area contributed by atoms with Crippen LogP contribution in [0.15, 0.2) is 0 Å². The average molecular weight is 289 g/mol. The standard InChI is InChI=1S/C10H12F5NO3/c1-2-19-7(17)6-4-3-5-16(6)8(18)9(11,12)10(13,14)15/h6H,2-5H2,1H3. The van der Waals surface area contributed by atoms with Crippen molar-refractivity contribution in [2.45, 2.75) is 37.9 Å². The molecule has 1 saturated heterocycles. The lowest BCUT2D eigenvalue weighted by molar-refractivity contribution is -0.274. The maximum atomic E-state index is 12.9. The molecule has 1 aliphatic heterocycles. The molecule has 0 spiro atoms. The van der Waals surface area contributed by atoms with E-state index in [2.05, 4.69) is 4.74 Å². The highest BCUT2D eigenvalue weighted by molar-refractivity contribution is 5.89. The van der Waals surface area contributed by atoms with Gasteiger partial charge in [0, 0.05) is 6.54 Å². The molecule has 0 saturated carbocycles. The van der Waals surface area contributed by atoms with E-state index >= 15 is 0 Å². The van der Waals surface area contributed by atoms with Crippen molar-refractivity contribution < 1.29 is 36.3 Å². The Morgan fingerprint density at radius 1 is 1.26 bits per heavy atom. The Hall–Kier alpha value is -1.41. The third kappa shape index (κ3) is 2.95. The number of alkyl halides is 5. The summed E-state index contributed by atoms with van der Waals surface area (Å²) in [6, 6.07) is -1.37. The Morgan fingerprint density at radius 2 is 1.84 bits per heavy atom. The number of hydrogen-bond donors (Lipinski definition) is 0. The maximum absolute atomic E-state index is 12.9. The van der Waals surface area contributed by atoms with E-state index in [4.69, 9.17) is 0 Å². The minimum absolute atomic E-state index is 0.0124. The van der Waals surface area contributed by atoms with E-state index in [9.17, 15) is 31.5 Å². The van der Waals surface area contributed by atoms with Gasteiger partial charge in [0.1, 0.15) is 6.04 Å². The number of ether oxygens (including phenoxy) is 1. The van der Waals surface area contributed by atoms with E-state index in [0.29, 0.717) is 0 Å². The summed E-state index contributed by atoms with van der Waals surface area (Å²) in [4.78, 5) is 22.9. The van der Waals surface area contributed by atoms with Crippen LogP contribution in [0.4, 0.5) is 22.0 Å². The van der Waals surface area contributed by atoms with Crippen molar-refractivity contribution in [1.82, 2.24) is 4.90 Å². The summed E-state index contributed by atoms with van der Waals surface area (Å²) in [5.74, 6) is -8.87. The number of esters is 1. The number of carbonyl (C=O) groups excluding carboxylic acids is 2. The fraction of sp³-hybridized carbons (Fsp3) is 0.800. The van der Waals surface area contributed by atoms with Crippen molar-refractivity contribution in [3.63, 3.8) is 0 Å². The topological polar surface area (TPSA) is 46.6 Å². The van der Waals surface area contributed by atoms with Crippen LogP contribution in [0.5, 0.6) is 0 Å². The van der Waals surface area contributed by atoms with Gasteiger partial charge in [-0.2, -0.15) is 22.0 Å². The van der Waals surface area contributed by atoms with Gasteiger partial charge in [0.25, 0.3) is 0 Å². The first-order valence-corrected chi connectivity index (χ1v) is 5.55. The number of halogens is 5. The molecule has 0 N–H and O–H groups in total. The maximum Gasteiger partial charge on any atom is 0.463 e. The van der Waals surface area contributed by atoms with Gasteiger partial charge in [-0.15, -0.1) is 0 Å². The fourth-order valence-corrected chi connectivity index (χ4v) is 1.79. The van der Waals surface area contributed by atoms with Crippen LogP contribution in [-0.4, -0.2) is 48.1 Å². The monoisotopic (exact) mass is 289 g/mol. The molecule has 19 heavy (non-hydrogen) atoms. The molecule has 0 bridgehead atoms. The van der Waals surface area contributed by atoms with E-state index < -0.39 is 30.0 Å². The number of nitrogens with zero attached hydrogens (tertiary/aromatic N) is 1. The van der Waals surface area contributed by atoms with Gasteiger partial charge < -0.3 is 9.64 Å². The summed E-state index contributed by atoms with van der Waals surface area (Å²) in [6.07, 6.45) is -5.80. The second-order valence-electron chi connectivity index (χ2n) is 3.98. The van der Waals surface area contributed by atoms with Crippen molar-refractivity contribution in [3.05, 3.63) is 0 Å². The van der Waals surface area contributed by atoms with Crippen molar-refractivity contribution in [1.29, 1.82) is 0 Å². The minimum atomic E-state index is -5.98. The van der Waals surface area contributed by atoms with Crippen LogP contribution in [0.25, 0.3) is 0 Å². The molecule has 0 aromatic heterocycles. The molecule has 1 fully saturated rings.